The lowest BCUT2D eigenvalue weighted by atomic mass is 10.3. The van der Waals surface area contributed by atoms with Crippen LogP contribution in [0.1, 0.15) is 20.8 Å². The van der Waals surface area contributed by atoms with Gasteiger partial charge < -0.3 is 0 Å². The minimum absolute atomic E-state index is 0.306. The van der Waals surface area contributed by atoms with Gasteiger partial charge in [-0.15, -0.1) is 0 Å². The first-order valence-corrected chi connectivity index (χ1v) is 9.33. The molecule has 1 aromatic rings. The van der Waals surface area contributed by atoms with Gasteiger partial charge in [-0.25, -0.2) is 13.1 Å². The number of thioether (sulfide) groups is 1. The smallest absolute Gasteiger partial charge is 0.207 e. The van der Waals surface area contributed by atoms with Crippen LogP contribution in [0.2, 0.25) is 0 Å². The summed E-state index contributed by atoms with van der Waals surface area (Å²) in [6.07, 6.45) is 1.94. The van der Waals surface area contributed by atoms with E-state index in [0.29, 0.717) is 17.4 Å². The molecule has 112 valence electrons. The second kappa shape index (κ2) is 8.49. The SMILES string of the molecule is C/C(=C/CNS(=O)(=O)c1ccccc1)CSCC(C)C. The second-order valence-corrected chi connectivity index (χ2v) is 7.92. The zero-order valence-corrected chi connectivity index (χ0v) is 13.9. The van der Waals surface area contributed by atoms with Gasteiger partial charge in [-0.3, -0.25) is 0 Å². The van der Waals surface area contributed by atoms with Crippen molar-refractivity contribution < 1.29 is 8.42 Å². The maximum Gasteiger partial charge on any atom is 0.240 e. The molecule has 1 N–H and O–H groups in total. The highest BCUT2D eigenvalue weighted by Gasteiger charge is 2.11. The zero-order chi connectivity index (χ0) is 15.0. The summed E-state index contributed by atoms with van der Waals surface area (Å²) >= 11 is 1.88. The molecule has 0 aliphatic heterocycles. The molecule has 0 bridgehead atoms. The van der Waals surface area contributed by atoms with Gasteiger partial charge in [0.25, 0.3) is 0 Å². The third kappa shape index (κ3) is 6.59. The first kappa shape index (κ1) is 17.3. The van der Waals surface area contributed by atoms with E-state index in [-0.39, 0.29) is 0 Å². The monoisotopic (exact) mass is 313 g/mol. The maximum absolute atomic E-state index is 12.0. The predicted octanol–water partition coefficient (Wildman–Crippen LogP) is 3.30. The van der Waals surface area contributed by atoms with Gasteiger partial charge in [-0.1, -0.05) is 43.7 Å². The van der Waals surface area contributed by atoms with Crippen molar-refractivity contribution in [2.75, 3.05) is 18.1 Å². The van der Waals surface area contributed by atoms with E-state index < -0.39 is 10.0 Å². The molecule has 0 amide bonds. The van der Waals surface area contributed by atoms with Crippen molar-refractivity contribution in [2.45, 2.75) is 25.7 Å². The normalized spacial score (nSPS) is 12.9. The Hall–Kier alpha value is -0.780. The molecule has 0 unspecified atom stereocenters. The first-order chi connectivity index (χ1) is 9.42. The molecule has 20 heavy (non-hydrogen) atoms. The summed E-state index contributed by atoms with van der Waals surface area (Å²) in [5.74, 6) is 2.76. The van der Waals surface area contributed by atoms with Crippen molar-refractivity contribution in [1.29, 1.82) is 0 Å². The summed E-state index contributed by atoms with van der Waals surface area (Å²) < 4.78 is 26.5. The highest BCUT2D eigenvalue weighted by atomic mass is 32.2. The zero-order valence-electron chi connectivity index (χ0n) is 12.3. The van der Waals surface area contributed by atoms with Crippen molar-refractivity contribution >= 4 is 21.8 Å². The van der Waals surface area contributed by atoms with E-state index in [1.165, 1.54) is 5.57 Å². The highest BCUT2D eigenvalue weighted by molar-refractivity contribution is 7.99. The Balaban J connectivity index is 2.43. The Bertz CT molecular complexity index is 522. The fourth-order valence-corrected chi connectivity index (χ4v) is 3.54. The first-order valence-electron chi connectivity index (χ1n) is 6.70. The molecule has 0 aromatic heterocycles. The summed E-state index contributed by atoms with van der Waals surface area (Å²) in [5.41, 5.74) is 1.20. The Morgan fingerprint density at radius 3 is 2.55 bits per heavy atom. The summed E-state index contributed by atoms with van der Waals surface area (Å²) in [4.78, 5) is 0.306. The van der Waals surface area contributed by atoms with Crippen LogP contribution in [0.25, 0.3) is 0 Å². The van der Waals surface area contributed by atoms with E-state index in [0.717, 1.165) is 11.5 Å². The van der Waals surface area contributed by atoms with E-state index in [2.05, 4.69) is 18.6 Å². The van der Waals surface area contributed by atoms with Crippen LogP contribution in [0.5, 0.6) is 0 Å². The Labute approximate surface area is 126 Å². The molecule has 0 saturated heterocycles. The van der Waals surface area contributed by atoms with E-state index >= 15 is 0 Å². The molecule has 0 spiro atoms. The number of benzene rings is 1. The van der Waals surface area contributed by atoms with E-state index in [9.17, 15) is 8.42 Å². The van der Waals surface area contributed by atoms with Crippen molar-refractivity contribution in [3.63, 3.8) is 0 Å². The summed E-state index contributed by atoms with van der Waals surface area (Å²) in [6.45, 7) is 6.76. The van der Waals surface area contributed by atoms with Gasteiger partial charge in [-0.2, -0.15) is 11.8 Å². The molecule has 1 rings (SSSR count). The summed E-state index contributed by atoms with van der Waals surface area (Å²) in [6, 6.07) is 8.43. The van der Waals surface area contributed by atoms with Crippen LogP contribution in [-0.2, 0) is 10.0 Å². The van der Waals surface area contributed by atoms with Gasteiger partial charge in [0.1, 0.15) is 0 Å². The van der Waals surface area contributed by atoms with Crippen molar-refractivity contribution in [3.8, 4) is 0 Å². The Morgan fingerprint density at radius 1 is 1.30 bits per heavy atom. The number of sulfonamides is 1. The van der Waals surface area contributed by atoms with Crippen molar-refractivity contribution in [1.82, 2.24) is 4.72 Å². The van der Waals surface area contributed by atoms with Crippen LogP contribution in [0.4, 0.5) is 0 Å². The van der Waals surface area contributed by atoms with Gasteiger partial charge in [0.05, 0.1) is 4.90 Å². The summed E-state index contributed by atoms with van der Waals surface area (Å²) in [7, 11) is -3.39. The molecular formula is C15H23NO2S2. The minimum atomic E-state index is -3.39. The fourth-order valence-electron chi connectivity index (χ4n) is 1.52. The van der Waals surface area contributed by atoms with E-state index in [4.69, 9.17) is 0 Å². The van der Waals surface area contributed by atoms with Crippen LogP contribution in [-0.4, -0.2) is 26.5 Å². The Morgan fingerprint density at radius 2 is 1.95 bits per heavy atom. The number of rotatable bonds is 8. The second-order valence-electron chi connectivity index (χ2n) is 5.12. The van der Waals surface area contributed by atoms with Gasteiger partial charge in [0.2, 0.25) is 10.0 Å². The Kier molecular flexibility index (Phi) is 7.34. The topological polar surface area (TPSA) is 46.2 Å². The van der Waals surface area contributed by atoms with Crippen molar-refractivity contribution in [3.05, 3.63) is 42.0 Å². The standard InChI is InChI=1S/C15H23NO2S2/c1-13(2)11-19-12-14(3)9-10-16-20(17,18)15-7-5-4-6-8-15/h4-9,13,16H,10-12H2,1-3H3/b14-9-. The summed E-state index contributed by atoms with van der Waals surface area (Å²) in [5, 5.41) is 0. The van der Waals surface area contributed by atoms with Crippen LogP contribution in [0.15, 0.2) is 46.9 Å². The van der Waals surface area contributed by atoms with Gasteiger partial charge in [-0.05, 0) is 30.7 Å². The molecule has 0 radical (unpaired) electrons. The van der Waals surface area contributed by atoms with Crippen LogP contribution >= 0.6 is 11.8 Å². The van der Waals surface area contributed by atoms with Crippen molar-refractivity contribution in [2.24, 2.45) is 5.92 Å². The average Bonchev–Trinajstić information content (AvgIpc) is 2.39. The predicted molar refractivity (Wildman–Crippen MR) is 87.6 cm³/mol. The fraction of sp³-hybridized carbons (Fsp3) is 0.467. The van der Waals surface area contributed by atoms with Crippen LogP contribution in [0, 0.1) is 5.92 Å². The lowest BCUT2D eigenvalue weighted by Crippen LogP contribution is -2.23. The molecule has 5 heteroatoms. The number of hydrogen-bond acceptors (Lipinski definition) is 3. The third-order valence-corrected chi connectivity index (χ3v) is 5.56. The minimum Gasteiger partial charge on any atom is -0.207 e. The molecule has 0 heterocycles. The van der Waals surface area contributed by atoms with Gasteiger partial charge >= 0.3 is 0 Å². The lowest BCUT2D eigenvalue weighted by molar-refractivity contribution is 0.585. The average molecular weight is 313 g/mol. The highest BCUT2D eigenvalue weighted by Crippen LogP contribution is 2.12. The molecule has 0 atom stereocenters. The van der Waals surface area contributed by atoms with Gasteiger partial charge in [0, 0.05) is 12.3 Å². The largest absolute Gasteiger partial charge is 0.240 e. The number of hydrogen-bond donors (Lipinski definition) is 1. The quantitative estimate of drug-likeness (QED) is 0.749. The van der Waals surface area contributed by atoms with E-state index in [1.807, 2.05) is 24.8 Å². The van der Waals surface area contributed by atoms with Crippen LogP contribution in [0.3, 0.4) is 0 Å². The molecule has 0 fully saturated rings. The maximum atomic E-state index is 12.0. The lowest BCUT2D eigenvalue weighted by Gasteiger charge is -2.06. The third-order valence-electron chi connectivity index (χ3n) is 2.56. The molecule has 1 aromatic carbocycles. The number of nitrogens with one attached hydrogen (secondary N) is 1. The molecular weight excluding hydrogens is 290 g/mol. The molecule has 0 aliphatic carbocycles. The van der Waals surface area contributed by atoms with Crippen LogP contribution < -0.4 is 4.72 Å². The van der Waals surface area contributed by atoms with Gasteiger partial charge in [0.15, 0.2) is 0 Å². The van der Waals surface area contributed by atoms with E-state index in [1.54, 1.807) is 30.3 Å². The molecule has 0 aliphatic rings. The molecule has 3 nitrogen and oxygen atoms in total. The molecule has 0 saturated carbocycles.